The van der Waals surface area contributed by atoms with Crippen LogP contribution in [0.2, 0.25) is 0 Å². The lowest BCUT2D eigenvalue weighted by Crippen LogP contribution is -2.17. The van der Waals surface area contributed by atoms with Crippen LogP contribution in [0.15, 0.2) is 162 Å². The van der Waals surface area contributed by atoms with E-state index in [2.05, 4.69) is 176 Å². The maximum atomic E-state index is 6.98. The molecule has 1 heterocycles. The van der Waals surface area contributed by atoms with E-state index in [1.165, 1.54) is 109 Å². The van der Waals surface area contributed by atoms with E-state index in [4.69, 9.17) is 4.42 Å². The summed E-state index contributed by atoms with van der Waals surface area (Å²) < 4.78 is 6.98. The number of fused-ring (bicyclic) bond motifs is 8. The molecular formula is C53H43NO. The Bertz CT molecular complexity index is 2950. The summed E-state index contributed by atoms with van der Waals surface area (Å²) in [6, 6.07) is 58.7. The molecule has 0 spiro atoms. The summed E-state index contributed by atoms with van der Waals surface area (Å²) >= 11 is 0. The molecule has 0 bridgehead atoms. The third-order valence-corrected chi connectivity index (χ3v) is 12.8. The van der Waals surface area contributed by atoms with Crippen molar-refractivity contribution in [3.05, 3.63) is 174 Å². The minimum atomic E-state index is -0.136. The third-order valence-electron chi connectivity index (χ3n) is 12.8. The van der Waals surface area contributed by atoms with Crippen LogP contribution in [-0.2, 0) is 5.41 Å². The van der Waals surface area contributed by atoms with Crippen molar-refractivity contribution >= 4 is 60.5 Å². The van der Waals surface area contributed by atoms with Gasteiger partial charge in [0, 0.05) is 44.6 Å². The lowest BCUT2D eigenvalue weighted by Gasteiger charge is -2.31. The Hall–Kier alpha value is -6.12. The summed E-state index contributed by atoms with van der Waals surface area (Å²) in [6.07, 6.45) is 6.42. The number of hydrogen-bond donors (Lipinski definition) is 0. The van der Waals surface area contributed by atoms with Crippen molar-refractivity contribution in [1.82, 2.24) is 0 Å². The molecular weight excluding hydrogens is 667 g/mol. The van der Waals surface area contributed by atoms with E-state index in [-0.39, 0.29) is 5.41 Å². The highest BCUT2D eigenvalue weighted by molar-refractivity contribution is 6.12. The van der Waals surface area contributed by atoms with Gasteiger partial charge in [-0.15, -0.1) is 0 Å². The molecule has 0 aliphatic heterocycles. The third kappa shape index (κ3) is 5.01. The Balaban J connectivity index is 1.19. The molecule has 1 saturated carbocycles. The molecule has 2 aliphatic rings. The molecule has 1 fully saturated rings. The quantitative estimate of drug-likeness (QED) is 0.177. The van der Waals surface area contributed by atoms with E-state index < -0.39 is 0 Å². The van der Waals surface area contributed by atoms with Gasteiger partial charge in [-0.05, 0) is 92.6 Å². The maximum absolute atomic E-state index is 6.98. The lowest BCUT2D eigenvalue weighted by atomic mass is 9.82. The van der Waals surface area contributed by atoms with E-state index in [1.54, 1.807) is 0 Å². The molecule has 11 rings (SSSR count). The fraction of sp³-hybridized carbons (Fsp3) is 0.170. The monoisotopic (exact) mass is 709 g/mol. The average molecular weight is 710 g/mol. The van der Waals surface area contributed by atoms with Crippen molar-refractivity contribution in [3.63, 3.8) is 0 Å². The van der Waals surface area contributed by atoms with Crippen LogP contribution < -0.4 is 4.90 Å². The summed E-state index contributed by atoms with van der Waals surface area (Å²) in [6.45, 7) is 4.74. The summed E-state index contributed by atoms with van der Waals surface area (Å²) in [7, 11) is 0. The number of hydrogen-bond acceptors (Lipinski definition) is 2. The van der Waals surface area contributed by atoms with Gasteiger partial charge in [-0.2, -0.15) is 0 Å². The molecule has 55 heavy (non-hydrogen) atoms. The topological polar surface area (TPSA) is 16.4 Å². The van der Waals surface area contributed by atoms with Gasteiger partial charge in [-0.1, -0.05) is 161 Å². The minimum Gasteiger partial charge on any atom is -0.456 e. The average Bonchev–Trinajstić information content (AvgIpc) is 3.72. The molecule has 2 nitrogen and oxygen atoms in total. The van der Waals surface area contributed by atoms with Gasteiger partial charge in [0.15, 0.2) is 0 Å². The molecule has 0 saturated heterocycles. The molecule has 0 unspecified atom stereocenters. The van der Waals surface area contributed by atoms with E-state index in [0.29, 0.717) is 5.92 Å². The fourth-order valence-corrected chi connectivity index (χ4v) is 10.1. The Morgan fingerprint density at radius 3 is 2.00 bits per heavy atom. The van der Waals surface area contributed by atoms with E-state index in [1.807, 2.05) is 0 Å². The second-order valence-corrected chi connectivity index (χ2v) is 16.3. The highest BCUT2D eigenvalue weighted by Gasteiger charge is 2.36. The number of anilines is 3. The highest BCUT2D eigenvalue weighted by atomic mass is 16.3. The number of furan rings is 1. The zero-order chi connectivity index (χ0) is 36.7. The van der Waals surface area contributed by atoms with Gasteiger partial charge in [0.25, 0.3) is 0 Å². The van der Waals surface area contributed by atoms with Crippen LogP contribution in [0.25, 0.3) is 65.7 Å². The van der Waals surface area contributed by atoms with Crippen LogP contribution in [0.1, 0.15) is 68.6 Å². The molecule has 0 amide bonds. The zero-order valence-electron chi connectivity index (χ0n) is 31.5. The second kappa shape index (κ2) is 12.5. The number of benzene rings is 8. The van der Waals surface area contributed by atoms with Gasteiger partial charge in [-0.3, -0.25) is 0 Å². The Kier molecular flexibility index (Phi) is 7.33. The van der Waals surface area contributed by atoms with Crippen LogP contribution in [-0.4, -0.2) is 0 Å². The first kappa shape index (κ1) is 32.3. The standard InChI is InChI=1S/C53H43NO/c1-53(2)48-25-11-10-21-43(48)44-30-27-37(32-49(44)53)54(38-28-31-45-47-24-13-22-41(35-14-4-3-5-15-35)52(47)55-50(45)33-38)51-40-20-9-7-17-36(40)26-29-46(51)42-23-12-18-34-16-6-8-19-39(34)42/h6-13,16-33,35H,3-5,14-15H2,1-2H3. The van der Waals surface area contributed by atoms with Crippen LogP contribution in [0, 0.1) is 0 Å². The normalized spacial score (nSPS) is 15.2. The Morgan fingerprint density at radius 1 is 0.491 bits per heavy atom. The van der Waals surface area contributed by atoms with Crippen LogP contribution >= 0.6 is 0 Å². The predicted molar refractivity (Wildman–Crippen MR) is 232 cm³/mol. The molecule has 2 aliphatic carbocycles. The minimum absolute atomic E-state index is 0.136. The van der Waals surface area contributed by atoms with E-state index in [9.17, 15) is 0 Å². The first-order chi connectivity index (χ1) is 27.0. The predicted octanol–water partition coefficient (Wildman–Crippen LogP) is 15.4. The Morgan fingerprint density at radius 2 is 1.13 bits per heavy atom. The molecule has 9 aromatic rings. The highest BCUT2D eigenvalue weighted by Crippen LogP contribution is 2.53. The van der Waals surface area contributed by atoms with Crippen molar-refractivity contribution in [2.45, 2.75) is 57.3 Å². The van der Waals surface area contributed by atoms with Gasteiger partial charge in [0.05, 0.1) is 5.69 Å². The summed E-state index contributed by atoms with van der Waals surface area (Å²) in [5, 5.41) is 7.29. The fourth-order valence-electron chi connectivity index (χ4n) is 10.1. The summed E-state index contributed by atoms with van der Waals surface area (Å²) in [5.74, 6) is 0.562. The first-order valence-electron chi connectivity index (χ1n) is 20.0. The van der Waals surface area contributed by atoms with Crippen molar-refractivity contribution in [3.8, 4) is 22.3 Å². The van der Waals surface area contributed by atoms with Gasteiger partial charge in [0.1, 0.15) is 11.2 Å². The van der Waals surface area contributed by atoms with E-state index >= 15 is 0 Å². The van der Waals surface area contributed by atoms with Crippen LogP contribution in [0.4, 0.5) is 17.1 Å². The molecule has 0 radical (unpaired) electrons. The van der Waals surface area contributed by atoms with Gasteiger partial charge in [0.2, 0.25) is 0 Å². The van der Waals surface area contributed by atoms with Crippen LogP contribution in [0.5, 0.6) is 0 Å². The van der Waals surface area contributed by atoms with Gasteiger partial charge < -0.3 is 9.32 Å². The van der Waals surface area contributed by atoms with Crippen molar-refractivity contribution < 1.29 is 4.42 Å². The number of rotatable bonds is 5. The SMILES string of the molecule is CC1(C)c2ccccc2-c2ccc(N(c3ccc4c(c3)oc3c(C5CCCCC5)cccc34)c3c(-c4cccc5ccccc45)ccc4ccccc34)cc21. The lowest BCUT2D eigenvalue weighted by molar-refractivity contribution is 0.442. The van der Waals surface area contributed by atoms with Crippen LogP contribution in [0.3, 0.4) is 0 Å². The van der Waals surface area contributed by atoms with Crippen molar-refractivity contribution in [2.24, 2.45) is 0 Å². The number of nitrogens with zero attached hydrogens (tertiary/aromatic N) is 1. The van der Waals surface area contributed by atoms with Gasteiger partial charge >= 0.3 is 0 Å². The smallest absolute Gasteiger partial charge is 0.138 e. The zero-order valence-corrected chi connectivity index (χ0v) is 31.5. The molecule has 1 aromatic heterocycles. The second-order valence-electron chi connectivity index (χ2n) is 16.3. The molecule has 0 N–H and O–H groups in total. The molecule has 2 heteroatoms. The van der Waals surface area contributed by atoms with Crippen molar-refractivity contribution in [2.75, 3.05) is 4.90 Å². The molecule has 266 valence electrons. The molecule has 8 aromatic carbocycles. The molecule has 0 atom stereocenters. The Labute approximate surface area is 322 Å². The first-order valence-corrected chi connectivity index (χ1v) is 20.0. The van der Waals surface area contributed by atoms with E-state index in [0.717, 1.165) is 22.5 Å². The summed E-state index contributed by atoms with van der Waals surface area (Å²) in [4.78, 5) is 2.51. The summed E-state index contributed by atoms with van der Waals surface area (Å²) in [5.41, 5.74) is 14.4. The maximum Gasteiger partial charge on any atom is 0.138 e. The van der Waals surface area contributed by atoms with Crippen molar-refractivity contribution in [1.29, 1.82) is 0 Å². The largest absolute Gasteiger partial charge is 0.456 e. The number of para-hydroxylation sites is 1. The van der Waals surface area contributed by atoms with Gasteiger partial charge in [-0.25, -0.2) is 0 Å².